The number of anilines is 1. The first-order chi connectivity index (χ1) is 16.9. The molecule has 0 unspecified atom stereocenters. The molecule has 3 aromatic rings. The van der Waals surface area contributed by atoms with Crippen LogP contribution in [0.25, 0.3) is 0 Å². The van der Waals surface area contributed by atoms with Crippen molar-refractivity contribution in [1.29, 1.82) is 0 Å². The minimum absolute atomic E-state index is 0.213. The summed E-state index contributed by atoms with van der Waals surface area (Å²) in [6.07, 6.45) is 0.396. The van der Waals surface area contributed by atoms with E-state index in [-0.39, 0.29) is 18.5 Å². The van der Waals surface area contributed by atoms with Crippen LogP contribution in [0.1, 0.15) is 40.2 Å². The summed E-state index contributed by atoms with van der Waals surface area (Å²) in [5.41, 5.74) is 2.81. The molecule has 2 heterocycles. The molecule has 0 saturated carbocycles. The molecule has 4 rings (SSSR count). The van der Waals surface area contributed by atoms with E-state index in [1.165, 1.54) is 0 Å². The van der Waals surface area contributed by atoms with Crippen molar-refractivity contribution in [3.63, 3.8) is 0 Å². The highest BCUT2D eigenvalue weighted by molar-refractivity contribution is 5.94. The second kappa shape index (κ2) is 11.1. The maximum absolute atomic E-state index is 12.9. The lowest BCUT2D eigenvalue weighted by Crippen LogP contribution is -2.50. The van der Waals surface area contributed by atoms with Crippen LogP contribution in [-0.2, 0) is 6.61 Å². The third-order valence-corrected chi connectivity index (χ3v) is 6.12. The number of aryl methyl sites for hydroxylation is 2. The number of likely N-dealkylation sites (tertiary alicyclic amines) is 1. The monoisotopic (exact) mass is 478 g/mol. The zero-order valence-corrected chi connectivity index (χ0v) is 19.9. The summed E-state index contributed by atoms with van der Waals surface area (Å²) in [4.78, 5) is 27.3. The minimum atomic E-state index is -0.744. The van der Waals surface area contributed by atoms with Crippen LogP contribution in [0.3, 0.4) is 0 Å². The van der Waals surface area contributed by atoms with Crippen molar-refractivity contribution in [2.45, 2.75) is 45.4 Å². The van der Waals surface area contributed by atoms with Gasteiger partial charge in [-0.25, -0.2) is 4.79 Å². The molecule has 0 aliphatic carbocycles. The molecule has 3 amide bonds. The van der Waals surface area contributed by atoms with E-state index in [0.29, 0.717) is 48.8 Å². The molecule has 0 spiro atoms. The summed E-state index contributed by atoms with van der Waals surface area (Å²) in [6.45, 7) is 4.72. The number of ether oxygens (including phenoxy) is 1. The maximum atomic E-state index is 12.9. The number of hydrogen-bond acceptors (Lipinski definition) is 6. The third kappa shape index (κ3) is 6.19. The number of nitrogens with one attached hydrogen (secondary N) is 2. The fourth-order valence-electron chi connectivity index (χ4n) is 4.01. The zero-order valence-electron chi connectivity index (χ0n) is 19.9. The molecule has 9 heteroatoms. The van der Waals surface area contributed by atoms with E-state index in [1.54, 1.807) is 29.2 Å². The number of aromatic nitrogens is 1. The smallest absolute Gasteiger partial charge is 0.321 e. The molecule has 1 aromatic heterocycles. The second-order valence-electron chi connectivity index (χ2n) is 8.65. The number of aliphatic hydroxyl groups excluding tert-OH is 1. The first kappa shape index (κ1) is 24.3. The standard InChI is InChI=1S/C26H30N4O5/c1-17-22(18(2)35-29-17)16-34-21-12-10-19(11-13-21)25(32)28-23-15-30(14-6-9-24(23)31)26(33)27-20-7-4-3-5-8-20/h3-5,7-8,10-13,23-24,31H,6,9,14-16H2,1-2H3,(H,27,33)(H,28,32)/t23-,24+/m0/s1. The molecule has 1 aliphatic rings. The van der Waals surface area contributed by atoms with Crippen molar-refractivity contribution >= 4 is 17.6 Å². The van der Waals surface area contributed by atoms with Crippen LogP contribution in [0.4, 0.5) is 10.5 Å². The molecule has 2 aromatic carbocycles. The third-order valence-electron chi connectivity index (χ3n) is 6.12. The number of para-hydroxylation sites is 1. The Morgan fingerprint density at radius 3 is 2.57 bits per heavy atom. The molecule has 0 bridgehead atoms. The van der Waals surface area contributed by atoms with Crippen LogP contribution < -0.4 is 15.4 Å². The predicted molar refractivity (Wildman–Crippen MR) is 130 cm³/mol. The zero-order chi connectivity index (χ0) is 24.8. The first-order valence-corrected chi connectivity index (χ1v) is 11.6. The van der Waals surface area contributed by atoms with E-state index in [9.17, 15) is 14.7 Å². The van der Waals surface area contributed by atoms with Crippen LogP contribution in [0.15, 0.2) is 59.1 Å². The lowest BCUT2D eigenvalue weighted by Gasteiger charge is -2.27. The summed E-state index contributed by atoms with van der Waals surface area (Å²) >= 11 is 0. The van der Waals surface area contributed by atoms with Crippen molar-refractivity contribution < 1.29 is 24.0 Å². The van der Waals surface area contributed by atoms with E-state index < -0.39 is 12.1 Å². The molecule has 3 N–H and O–H groups in total. The van der Waals surface area contributed by atoms with Gasteiger partial charge < -0.3 is 29.9 Å². The number of benzene rings is 2. The number of nitrogens with zero attached hydrogens (tertiary/aromatic N) is 2. The van der Waals surface area contributed by atoms with E-state index in [4.69, 9.17) is 9.26 Å². The maximum Gasteiger partial charge on any atom is 0.321 e. The van der Waals surface area contributed by atoms with Gasteiger partial charge in [0.05, 0.1) is 23.4 Å². The van der Waals surface area contributed by atoms with E-state index >= 15 is 0 Å². The molecule has 9 nitrogen and oxygen atoms in total. The minimum Gasteiger partial charge on any atom is -0.489 e. The van der Waals surface area contributed by atoms with Gasteiger partial charge in [-0.2, -0.15) is 0 Å². The van der Waals surface area contributed by atoms with Crippen LogP contribution in [0, 0.1) is 13.8 Å². The molecule has 1 saturated heterocycles. The molecular weight excluding hydrogens is 448 g/mol. The number of carbonyl (C=O) groups is 2. The van der Waals surface area contributed by atoms with Gasteiger partial charge in [-0.15, -0.1) is 0 Å². The van der Waals surface area contributed by atoms with Gasteiger partial charge in [0.1, 0.15) is 18.1 Å². The number of carbonyl (C=O) groups excluding carboxylic acids is 2. The Bertz CT molecular complexity index is 1130. The van der Waals surface area contributed by atoms with Crippen LogP contribution >= 0.6 is 0 Å². The Kier molecular flexibility index (Phi) is 7.67. The summed E-state index contributed by atoms with van der Waals surface area (Å²) in [6, 6.07) is 15.1. The first-order valence-electron chi connectivity index (χ1n) is 11.6. The average molecular weight is 479 g/mol. The van der Waals surface area contributed by atoms with Gasteiger partial charge in [-0.3, -0.25) is 4.79 Å². The van der Waals surface area contributed by atoms with Gasteiger partial charge >= 0.3 is 6.03 Å². The van der Waals surface area contributed by atoms with Crippen molar-refractivity contribution in [3.8, 4) is 5.75 Å². The molecule has 184 valence electrons. The number of aliphatic hydroxyl groups is 1. The molecule has 35 heavy (non-hydrogen) atoms. The Balaban J connectivity index is 1.35. The summed E-state index contributed by atoms with van der Waals surface area (Å²) in [5.74, 6) is 1.00. The van der Waals surface area contributed by atoms with Crippen molar-refractivity contribution in [3.05, 3.63) is 77.2 Å². The highest BCUT2D eigenvalue weighted by atomic mass is 16.5. The number of urea groups is 1. The summed E-state index contributed by atoms with van der Waals surface area (Å²) < 4.78 is 10.9. The van der Waals surface area contributed by atoms with Crippen LogP contribution in [-0.4, -0.2) is 52.3 Å². The molecule has 2 atom stereocenters. The van der Waals surface area contributed by atoms with Crippen LogP contribution in [0.2, 0.25) is 0 Å². The SMILES string of the molecule is Cc1noc(C)c1COc1ccc(C(=O)N[C@H]2CN(C(=O)Nc3ccccc3)CCC[C@H]2O)cc1. The lowest BCUT2D eigenvalue weighted by atomic mass is 10.1. The average Bonchev–Trinajstić information content (AvgIpc) is 3.06. The Morgan fingerprint density at radius 2 is 1.89 bits per heavy atom. The number of amides is 3. The summed E-state index contributed by atoms with van der Waals surface area (Å²) in [5, 5.41) is 20.2. The van der Waals surface area contributed by atoms with Crippen molar-refractivity contribution in [2.75, 3.05) is 18.4 Å². The van der Waals surface area contributed by atoms with E-state index in [0.717, 1.165) is 11.3 Å². The van der Waals surface area contributed by atoms with E-state index in [1.807, 2.05) is 44.2 Å². The van der Waals surface area contributed by atoms with E-state index in [2.05, 4.69) is 15.8 Å². The Hall–Kier alpha value is -3.85. The fraction of sp³-hybridized carbons (Fsp3) is 0.346. The second-order valence-corrected chi connectivity index (χ2v) is 8.65. The van der Waals surface area contributed by atoms with Gasteiger partial charge in [0.2, 0.25) is 0 Å². The van der Waals surface area contributed by atoms with Gasteiger partial charge in [-0.1, -0.05) is 23.4 Å². The Morgan fingerprint density at radius 1 is 1.14 bits per heavy atom. The number of hydrogen-bond donors (Lipinski definition) is 3. The highest BCUT2D eigenvalue weighted by Gasteiger charge is 2.29. The fourth-order valence-corrected chi connectivity index (χ4v) is 4.01. The lowest BCUT2D eigenvalue weighted by molar-refractivity contribution is 0.0811. The molecule has 1 fully saturated rings. The topological polar surface area (TPSA) is 117 Å². The largest absolute Gasteiger partial charge is 0.489 e. The van der Waals surface area contributed by atoms with Crippen molar-refractivity contribution in [2.24, 2.45) is 0 Å². The molecular formula is C26H30N4O5. The summed E-state index contributed by atoms with van der Waals surface area (Å²) in [7, 11) is 0. The van der Waals surface area contributed by atoms with Crippen LogP contribution in [0.5, 0.6) is 5.75 Å². The molecule has 0 radical (unpaired) electrons. The van der Waals surface area contributed by atoms with Gasteiger partial charge in [0.25, 0.3) is 5.91 Å². The van der Waals surface area contributed by atoms with Gasteiger partial charge in [0, 0.05) is 24.3 Å². The predicted octanol–water partition coefficient (Wildman–Crippen LogP) is 3.66. The Labute approximate surface area is 204 Å². The van der Waals surface area contributed by atoms with Crippen molar-refractivity contribution in [1.82, 2.24) is 15.4 Å². The van der Waals surface area contributed by atoms with Gasteiger partial charge in [0.15, 0.2) is 0 Å². The molecule has 1 aliphatic heterocycles. The normalized spacial score (nSPS) is 18.0. The quantitative estimate of drug-likeness (QED) is 0.498. The van der Waals surface area contributed by atoms with Gasteiger partial charge in [-0.05, 0) is 63.1 Å². The highest BCUT2D eigenvalue weighted by Crippen LogP contribution is 2.19. The number of rotatable bonds is 6.